The lowest BCUT2D eigenvalue weighted by atomic mass is 10.2. The van der Waals surface area contributed by atoms with E-state index in [0.717, 1.165) is 9.13 Å². The molecule has 0 atom stereocenters. The van der Waals surface area contributed by atoms with Crippen molar-refractivity contribution in [3.05, 3.63) is 27.1 Å². The maximum absolute atomic E-state index is 8.53. The molecule has 0 unspecified atom stereocenters. The summed E-state index contributed by atoms with van der Waals surface area (Å²) < 4.78 is 0.947. The predicted octanol–water partition coefficient (Wildman–Crippen LogP) is 1.87. The average molecular weight is 244 g/mol. The summed E-state index contributed by atoms with van der Waals surface area (Å²) in [4.78, 5) is 3.89. The molecule has 1 heterocycles. The molecule has 0 N–H and O–H groups in total. The second-order valence-corrected chi connectivity index (χ2v) is 2.98. The number of nitriles is 1. The number of aryl methyl sites for hydroxylation is 1. The lowest BCUT2D eigenvalue weighted by molar-refractivity contribution is 1.21. The van der Waals surface area contributed by atoms with Crippen LogP contribution in [-0.2, 0) is 0 Å². The third-order valence-electron chi connectivity index (χ3n) is 1.19. The van der Waals surface area contributed by atoms with Crippen LogP contribution in [0.25, 0.3) is 0 Å². The molecule has 0 aliphatic carbocycles. The number of rotatable bonds is 0. The molecule has 3 heteroatoms. The van der Waals surface area contributed by atoms with Crippen molar-refractivity contribution >= 4 is 22.6 Å². The minimum Gasteiger partial charge on any atom is -0.244 e. The van der Waals surface area contributed by atoms with Crippen molar-refractivity contribution in [1.82, 2.24) is 4.98 Å². The molecule has 0 aliphatic heterocycles. The van der Waals surface area contributed by atoms with Crippen LogP contribution in [0.15, 0.2) is 12.3 Å². The number of hydrogen-bond donors (Lipinski definition) is 0. The zero-order valence-electron chi connectivity index (χ0n) is 5.43. The van der Waals surface area contributed by atoms with E-state index in [4.69, 9.17) is 5.26 Å². The van der Waals surface area contributed by atoms with E-state index in [-0.39, 0.29) is 0 Å². The van der Waals surface area contributed by atoms with E-state index in [0.29, 0.717) is 5.69 Å². The monoisotopic (exact) mass is 244 g/mol. The fourth-order valence-corrected chi connectivity index (χ4v) is 1.06. The molecule has 0 spiro atoms. The summed E-state index contributed by atoms with van der Waals surface area (Å²) in [5, 5.41) is 8.53. The molecular weight excluding hydrogens is 239 g/mol. The topological polar surface area (TPSA) is 36.7 Å². The van der Waals surface area contributed by atoms with Crippen LogP contribution < -0.4 is 0 Å². The largest absolute Gasteiger partial charge is 0.244 e. The van der Waals surface area contributed by atoms with E-state index in [1.165, 1.54) is 0 Å². The minimum absolute atomic E-state index is 0.514. The first-order valence-electron chi connectivity index (χ1n) is 2.77. The summed E-state index contributed by atoms with van der Waals surface area (Å²) in [7, 11) is 0. The smallest absolute Gasteiger partial charge is 0.154 e. The Bertz CT molecular complexity index is 288. The van der Waals surface area contributed by atoms with Crippen LogP contribution in [0.2, 0.25) is 0 Å². The predicted molar refractivity (Wildman–Crippen MR) is 46.4 cm³/mol. The van der Waals surface area contributed by atoms with Gasteiger partial charge in [0.05, 0.1) is 3.57 Å². The summed E-state index contributed by atoms with van der Waals surface area (Å²) in [5.41, 5.74) is 1.62. The van der Waals surface area contributed by atoms with Gasteiger partial charge in [-0.15, -0.1) is 0 Å². The van der Waals surface area contributed by atoms with Gasteiger partial charge in [0.15, 0.2) is 5.69 Å². The first-order chi connectivity index (χ1) is 4.75. The Hall–Kier alpha value is -0.630. The Labute approximate surface area is 73.0 Å². The second kappa shape index (κ2) is 2.97. The van der Waals surface area contributed by atoms with Crippen LogP contribution >= 0.6 is 22.6 Å². The Morgan fingerprint density at radius 2 is 2.40 bits per heavy atom. The van der Waals surface area contributed by atoms with Crippen molar-refractivity contribution in [2.45, 2.75) is 6.92 Å². The highest BCUT2D eigenvalue weighted by atomic mass is 127. The summed E-state index contributed by atoms with van der Waals surface area (Å²) in [6, 6.07) is 3.91. The molecule has 0 aromatic carbocycles. The number of nitrogens with zero attached hydrogens (tertiary/aromatic N) is 2. The van der Waals surface area contributed by atoms with Crippen molar-refractivity contribution in [1.29, 1.82) is 5.26 Å². The van der Waals surface area contributed by atoms with Crippen LogP contribution in [0.4, 0.5) is 0 Å². The highest BCUT2D eigenvalue weighted by molar-refractivity contribution is 14.1. The Balaban J connectivity index is 3.31. The highest BCUT2D eigenvalue weighted by Crippen LogP contribution is 2.12. The summed E-state index contributed by atoms with van der Waals surface area (Å²) in [6.07, 6.45) is 1.65. The van der Waals surface area contributed by atoms with Gasteiger partial charge in [-0.3, -0.25) is 0 Å². The van der Waals surface area contributed by atoms with Crippen molar-refractivity contribution in [2.75, 3.05) is 0 Å². The molecule has 1 aromatic heterocycles. The standard InChI is InChI=1S/C7H5IN2/c1-5-2-3-10-6(4-9)7(5)8/h2-3H,1H3. The van der Waals surface area contributed by atoms with Gasteiger partial charge in [-0.05, 0) is 41.1 Å². The van der Waals surface area contributed by atoms with Crippen molar-refractivity contribution in [3.63, 3.8) is 0 Å². The number of aromatic nitrogens is 1. The number of hydrogen-bond acceptors (Lipinski definition) is 2. The van der Waals surface area contributed by atoms with E-state index >= 15 is 0 Å². The Morgan fingerprint density at radius 3 is 2.90 bits per heavy atom. The van der Waals surface area contributed by atoms with Gasteiger partial charge in [-0.1, -0.05) is 0 Å². The lowest BCUT2D eigenvalue weighted by Gasteiger charge is -1.95. The highest BCUT2D eigenvalue weighted by Gasteiger charge is 2.00. The van der Waals surface area contributed by atoms with E-state index in [2.05, 4.69) is 27.6 Å². The van der Waals surface area contributed by atoms with Gasteiger partial charge in [0.1, 0.15) is 6.07 Å². The SMILES string of the molecule is Cc1ccnc(C#N)c1I. The zero-order valence-corrected chi connectivity index (χ0v) is 7.58. The maximum atomic E-state index is 8.53. The minimum atomic E-state index is 0.514. The molecule has 10 heavy (non-hydrogen) atoms. The molecule has 50 valence electrons. The van der Waals surface area contributed by atoms with Gasteiger partial charge >= 0.3 is 0 Å². The third-order valence-corrected chi connectivity index (χ3v) is 2.55. The maximum Gasteiger partial charge on any atom is 0.154 e. The zero-order chi connectivity index (χ0) is 7.56. The molecule has 0 aliphatic rings. The van der Waals surface area contributed by atoms with Crippen LogP contribution in [0.5, 0.6) is 0 Å². The van der Waals surface area contributed by atoms with Gasteiger partial charge < -0.3 is 0 Å². The molecule has 0 amide bonds. The molecule has 1 aromatic rings. The fraction of sp³-hybridized carbons (Fsp3) is 0.143. The van der Waals surface area contributed by atoms with Crippen LogP contribution in [0.1, 0.15) is 11.3 Å². The molecule has 0 saturated carbocycles. The molecule has 0 fully saturated rings. The Morgan fingerprint density at radius 1 is 1.70 bits per heavy atom. The first-order valence-corrected chi connectivity index (χ1v) is 3.85. The lowest BCUT2D eigenvalue weighted by Crippen LogP contribution is -1.89. The first kappa shape index (κ1) is 7.48. The molecule has 0 saturated heterocycles. The summed E-state index contributed by atoms with van der Waals surface area (Å²) in [5.74, 6) is 0. The van der Waals surface area contributed by atoms with Gasteiger partial charge in [0, 0.05) is 6.20 Å². The normalized spacial score (nSPS) is 8.90. The molecule has 1 rings (SSSR count). The second-order valence-electron chi connectivity index (χ2n) is 1.90. The van der Waals surface area contributed by atoms with Crippen LogP contribution in [-0.4, -0.2) is 4.98 Å². The molecule has 0 radical (unpaired) electrons. The Kier molecular flexibility index (Phi) is 2.22. The summed E-state index contributed by atoms with van der Waals surface area (Å²) >= 11 is 2.12. The molecule has 0 bridgehead atoms. The van der Waals surface area contributed by atoms with Gasteiger partial charge in [-0.25, -0.2) is 4.98 Å². The van der Waals surface area contributed by atoms with Crippen molar-refractivity contribution < 1.29 is 0 Å². The van der Waals surface area contributed by atoms with Crippen LogP contribution in [0.3, 0.4) is 0 Å². The van der Waals surface area contributed by atoms with Gasteiger partial charge in [-0.2, -0.15) is 5.26 Å². The fourth-order valence-electron chi connectivity index (χ4n) is 0.618. The van der Waals surface area contributed by atoms with Crippen molar-refractivity contribution in [3.8, 4) is 6.07 Å². The molecule has 2 nitrogen and oxygen atoms in total. The molecular formula is C7H5IN2. The third kappa shape index (κ3) is 1.27. The summed E-state index contributed by atoms with van der Waals surface area (Å²) in [6.45, 7) is 1.96. The van der Waals surface area contributed by atoms with Gasteiger partial charge in [0.2, 0.25) is 0 Å². The van der Waals surface area contributed by atoms with Crippen LogP contribution in [0, 0.1) is 21.8 Å². The average Bonchev–Trinajstić information content (AvgIpc) is 1.95. The van der Waals surface area contributed by atoms with E-state index < -0.39 is 0 Å². The number of pyridine rings is 1. The van der Waals surface area contributed by atoms with Gasteiger partial charge in [0.25, 0.3) is 0 Å². The van der Waals surface area contributed by atoms with Crippen molar-refractivity contribution in [2.24, 2.45) is 0 Å². The number of halogens is 1. The van der Waals surface area contributed by atoms with E-state index in [1.54, 1.807) is 6.20 Å². The quantitative estimate of drug-likeness (QED) is 0.653. The van der Waals surface area contributed by atoms with E-state index in [9.17, 15) is 0 Å². The van der Waals surface area contributed by atoms with E-state index in [1.807, 2.05) is 19.1 Å².